The molecular formula is C23H29N7OS2. The number of allylic oxidation sites excluding steroid dienone is 1. The monoisotopic (exact) mass is 483 g/mol. The van der Waals surface area contributed by atoms with Crippen LogP contribution in [0.5, 0.6) is 0 Å². The SMILES string of the molecule is C=CCn1c(SCC(=O)Nc2nnc(C3CCCCC3)s2)nnc1-c1ccc(N(C)C)cc1. The van der Waals surface area contributed by atoms with Gasteiger partial charge in [0.1, 0.15) is 5.01 Å². The molecular weight excluding hydrogens is 454 g/mol. The number of nitrogens with one attached hydrogen (secondary N) is 1. The van der Waals surface area contributed by atoms with Crippen molar-refractivity contribution in [2.24, 2.45) is 0 Å². The molecule has 2 aromatic heterocycles. The van der Waals surface area contributed by atoms with Crippen LogP contribution in [0.15, 0.2) is 42.1 Å². The second kappa shape index (κ2) is 10.9. The van der Waals surface area contributed by atoms with E-state index in [0.717, 1.165) is 34.9 Å². The number of rotatable bonds is 9. The highest BCUT2D eigenvalue weighted by Gasteiger charge is 2.21. The van der Waals surface area contributed by atoms with Crippen molar-refractivity contribution in [2.45, 2.75) is 49.7 Å². The number of nitrogens with zero attached hydrogens (tertiary/aromatic N) is 6. The summed E-state index contributed by atoms with van der Waals surface area (Å²) in [5.74, 6) is 1.33. The minimum absolute atomic E-state index is 0.128. The first-order chi connectivity index (χ1) is 16.0. The van der Waals surface area contributed by atoms with Crippen LogP contribution in [0.4, 0.5) is 10.8 Å². The number of amides is 1. The lowest BCUT2D eigenvalue weighted by atomic mass is 9.90. The average Bonchev–Trinajstić information content (AvgIpc) is 3.46. The van der Waals surface area contributed by atoms with Crippen LogP contribution in [0.25, 0.3) is 11.4 Å². The van der Waals surface area contributed by atoms with Gasteiger partial charge >= 0.3 is 0 Å². The lowest BCUT2D eigenvalue weighted by molar-refractivity contribution is -0.113. The second-order valence-electron chi connectivity index (χ2n) is 8.26. The van der Waals surface area contributed by atoms with Crippen molar-refractivity contribution in [1.82, 2.24) is 25.0 Å². The zero-order chi connectivity index (χ0) is 23.2. The van der Waals surface area contributed by atoms with E-state index in [4.69, 9.17) is 0 Å². The summed E-state index contributed by atoms with van der Waals surface area (Å²) in [5.41, 5.74) is 2.08. The van der Waals surface area contributed by atoms with Crippen LogP contribution in [-0.2, 0) is 11.3 Å². The van der Waals surface area contributed by atoms with Gasteiger partial charge < -0.3 is 4.90 Å². The van der Waals surface area contributed by atoms with Crippen LogP contribution in [0.2, 0.25) is 0 Å². The van der Waals surface area contributed by atoms with Crippen LogP contribution in [0.1, 0.15) is 43.0 Å². The first-order valence-electron chi connectivity index (χ1n) is 11.1. The normalized spacial score (nSPS) is 14.2. The predicted octanol–water partition coefficient (Wildman–Crippen LogP) is 4.83. The highest BCUT2D eigenvalue weighted by Crippen LogP contribution is 2.35. The Balaban J connectivity index is 1.39. The van der Waals surface area contributed by atoms with Gasteiger partial charge in [-0.3, -0.25) is 14.7 Å². The predicted molar refractivity (Wildman–Crippen MR) is 135 cm³/mol. The fourth-order valence-electron chi connectivity index (χ4n) is 3.90. The summed E-state index contributed by atoms with van der Waals surface area (Å²) < 4.78 is 1.97. The molecule has 3 aromatic rings. The van der Waals surface area contributed by atoms with Crippen LogP contribution < -0.4 is 10.2 Å². The second-order valence-corrected chi connectivity index (χ2v) is 10.2. The number of hydrogen-bond donors (Lipinski definition) is 1. The quantitative estimate of drug-likeness (QED) is 0.344. The van der Waals surface area contributed by atoms with E-state index in [-0.39, 0.29) is 11.7 Å². The Bertz CT molecular complexity index is 1080. The highest BCUT2D eigenvalue weighted by molar-refractivity contribution is 7.99. The average molecular weight is 484 g/mol. The summed E-state index contributed by atoms with van der Waals surface area (Å²) >= 11 is 2.84. The molecule has 0 unspecified atom stereocenters. The molecule has 1 amide bonds. The van der Waals surface area contributed by atoms with Gasteiger partial charge in [-0.2, -0.15) is 0 Å². The minimum Gasteiger partial charge on any atom is -0.378 e. The molecule has 33 heavy (non-hydrogen) atoms. The van der Waals surface area contributed by atoms with E-state index in [2.05, 4.69) is 32.3 Å². The van der Waals surface area contributed by atoms with Crippen LogP contribution in [-0.4, -0.2) is 50.7 Å². The van der Waals surface area contributed by atoms with Gasteiger partial charge in [0, 0.05) is 37.8 Å². The topological polar surface area (TPSA) is 88.8 Å². The third-order valence-electron chi connectivity index (χ3n) is 5.64. The number of benzene rings is 1. The third-order valence-corrected chi connectivity index (χ3v) is 7.61. The summed E-state index contributed by atoms with van der Waals surface area (Å²) in [5, 5.41) is 22.3. The summed E-state index contributed by atoms with van der Waals surface area (Å²) in [4.78, 5) is 14.6. The summed E-state index contributed by atoms with van der Waals surface area (Å²) in [6, 6.07) is 8.15. The largest absolute Gasteiger partial charge is 0.378 e. The zero-order valence-electron chi connectivity index (χ0n) is 19.0. The van der Waals surface area contributed by atoms with E-state index in [0.29, 0.717) is 22.8 Å². The molecule has 1 aliphatic rings. The Kier molecular flexibility index (Phi) is 7.77. The molecule has 0 radical (unpaired) electrons. The first-order valence-corrected chi connectivity index (χ1v) is 12.9. The highest BCUT2D eigenvalue weighted by atomic mass is 32.2. The number of anilines is 2. The lowest BCUT2D eigenvalue weighted by Crippen LogP contribution is -2.14. The maximum atomic E-state index is 12.5. The first kappa shape index (κ1) is 23.4. The molecule has 1 N–H and O–H groups in total. The van der Waals surface area contributed by atoms with Crippen LogP contribution in [0.3, 0.4) is 0 Å². The van der Waals surface area contributed by atoms with Crippen molar-refractivity contribution in [3.63, 3.8) is 0 Å². The molecule has 4 rings (SSSR count). The summed E-state index contributed by atoms with van der Waals surface area (Å²) in [6.07, 6.45) is 7.93. The van der Waals surface area contributed by atoms with Crippen molar-refractivity contribution in [1.29, 1.82) is 0 Å². The molecule has 1 aromatic carbocycles. The fraction of sp³-hybridized carbons (Fsp3) is 0.435. The van der Waals surface area contributed by atoms with Gasteiger partial charge in [0.05, 0.1) is 5.75 Å². The van der Waals surface area contributed by atoms with Gasteiger partial charge in [0.25, 0.3) is 0 Å². The van der Waals surface area contributed by atoms with E-state index in [1.54, 1.807) is 6.08 Å². The zero-order valence-corrected chi connectivity index (χ0v) is 20.7. The Morgan fingerprint density at radius 1 is 1.18 bits per heavy atom. The minimum atomic E-state index is -0.128. The Morgan fingerprint density at radius 3 is 2.64 bits per heavy atom. The molecule has 0 aliphatic heterocycles. The number of carbonyl (C=O) groups is 1. The molecule has 1 aliphatic carbocycles. The molecule has 1 saturated carbocycles. The van der Waals surface area contributed by atoms with E-state index in [9.17, 15) is 4.79 Å². The van der Waals surface area contributed by atoms with Gasteiger partial charge in [-0.15, -0.1) is 27.0 Å². The van der Waals surface area contributed by atoms with E-state index in [1.165, 1.54) is 42.4 Å². The van der Waals surface area contributed by atoms with Crippen molar-refractivity contribution < 1.29 is 4.79 Å². The number of carbonyl (C=O) groups excluding carboxylic acids is 1. The number of hydrogen-bond acceptors (Lipinski definition) is 8. The molecule has 174 valence electrons. The number of thioether (sulfide) groups is 1. The maximum absolute atomic E-state index is 12.5. The van der Waals surface area contributed by atoms with Gasteiger partial charge in [0.15, 0.2) is 11.0 Å². The lowest BCUT2D eigenvalue weighted by Gasteiger charge is -2.18. The summed E-state index contributed by atoms with van der Waals surface area (Å²) in [6.45, 7) is 4.41. The van der Waals surface area contributed by atoms with E-state index in [1.807, 2.05) is 47.8 Å². The molecule has 0 atom stereocenters. The molecule has 0 saturated heterocycles. The van der Waals surface area contributed by atoms with Crippen molar-refractivity contribution in [3.05, 3.63) is 41.9 Å². The van der Waals surface area contributed by atoms with Crippen molar-refractivity contribution >= 4 is 39.8 Å². The van der Waals surface area contributed by atoms with Gasteiger partial charge in [-0.25, -0.2) is 0 Å². The van der Waals surface area contributed by atoms with Crippen LogP contribution >= 0.6 is 23.1 Å². The molecule has 10 heteroatoms. The molecule has 1 fully saturated rings. The van der Waals surface area contributed by atoms with Gasteiger partial charge in [-0.1, -0.05) is 48.4 Å². The number of aromatic nitrogens is 5. The Hall–Kier alpha value is -2.72. The van der Waals surface area contributed by atoms with E-state index < -0.39 is 0 Å². The maximum Gasteiger partial charge on any atom is 0.236 e. The Labute approximate surface area is 202 Å². The van der Waals surface area contributed by atoms with Crippen LogP contribution in [0, 0.1) is 0 Å². The van der Waals surface area contributed by atoms with E-state index >= 15 is 0 Å². The molecule has 0 spiro atoms. The standard InChI is InChI=1S/C23H29N7OS2/c1-4-14-30-20(16-10-12-18(13-11-16)29(2)3)25-28-23(30)32-15-19(31)24-22-27-26-21(33-22)17-8-6-5-7-9-17/h4,10-13,17H,1,5-9,14-15H2,2-3H3,(H,24,27,31). The molecule has 2 heterocycles. The molecule has 0 bridgehead atoms. The van der Waals surface area contributed by atoms with Gasteiger partial charge in [0.2, 0.25) is 11.0 Å². The fourth-order valence-corrected chi connectivity index (χ4v) is 5.57. The Morgan fingerprint density at radius 2 is 1.94 bits per heavy atom. The third kappa shape index (κ3) is 5.80. The van der Waals surface area contributed by atoms with Crippen molar-refractivity contribution in [2.75, 3.05) is 30.1 Å². The smallest absolute Gasteiger partial charge is 0.236 e. The van der Waals surface area contributed by atoms with Crippen molar-refractivity contribution in [3.8, 4) is 11.4 Å². The van der Waals surface area contributed by atoms with Gasteiger partial charge in [-0.05, 0) is 37.1 Å². The summed E-state index contributed by atoms with van der Waals surface area (Å²) in [7, 11) is 4.02. The molecule has 8 nitrogen and oxygen atoms in total.